The van der Waals surface area contributed by atoms with E-state index in [9.17, 15) is 49.2 Å². The standard InChI is InChI=1S/C82H100N8O17S3/c1-50(91)69-76(100)87-67(75(99)90-70(51(2)92)77(101)102)49-110-109-48-66(86-73(97)64(88-79(104)107-81(6,7)8)45-53-33-39-61(40-34-53)105-42-43-108-82(57-23-12-9-13-24-57,58-25-14-10-15-26-58)59-27-16-11-17-28-59)68(94)47-56(44-52-31-37-60(93)38-32-52)71(95)85-65(46-55-36-35-54-22-18-19-29-62(54)55)74(98)84-63(72(96)89-69)30-20-21-41-83-78(103)106-80(3,4)5/h9-19,22-29,31-34,36-40,50-51,56,63-67,69-70,91-93H,20-21,30,35,41-49H2,1-8H3,(H,83,103)(H,84,98)(H,85,95)(H,86,97)(H,87,100)(H,88,104)(H,89,96)(H,90,99)(H,101,102)/t50-,51-,56-,63+,64-,65-,66+,67+,69+,70+/m1/s1. The summed E-state index contributed by atoms with van der Waals surface area (Å²) in [5.74, 6) is -9.25. The maximum atomic E-state index is 15.5. The minimum absolute atomic E-state index is 0.0736. The summed E-state index contributed by atoms with van der Waals surface area (Å²) in [6.07, 6.45) is -3.46. The molecule has 0 aromatic heterocycles. The number of aliphatic hydroxyl groups excluding tert-OH is 2. The first-order valence-electron chi connectivity index (χ1n) is 36.6. The Labute approximate surface area is 653 Å². The predicted molar refractivity (Wildman–Crippen MR) is 424 cm³/mol. The van der Waals surface area contributed by atoms with Gasteiger partial charge in [-0.1, -0.05) is 167 Å². The SMILES string of the molecule is C[C@@H](O)[C@H](NC(=O)[C@@H]1CSSC[C@H](NC(=O)[C@@H](Cc2ccc(OCCSC(c3ccccc3)(c3ccccc3)c3ccccc3)cc2)NC(=O)OC(C)(C)C)C(=O)C[C@@H](Cc2ccc(O)cc2)C(=O)N[C@H](CC2=CCc3ccccc32)C(=O)N[C@@H](CCCCNC(=O)OC(C)(C)C)C(=O)N[C@@H]([C@@H](C)O)C(=O)N1)C(=O)O. The quantitative estimate of drug-likeness (QED) is 0.0130. The fourth-order valence-electron chi connectivity index (χ4n) is 12.6. The second-order valence-corrected chi connectivity index (χ2v) is 32.9. The van der Waals surface area contributed by atoms with Gasteiger partial charge in [0.1, 0.15) is 52.9 Å². The third-order valence-electron chi connectivity index (χ3n) is 18.0. The number of carboxylic acids is 1. The summed E-state index contributed by atoms with van der Waals surface area (Å²) in [6, 6.07) is 39.7. The molecule has 10 atom stereocenters. The number of phenols is 1. The molecule has 6 aromatic carbocycles. The average Bonchev–Trinajstić information content (AvgIpc) is 0.929. The second kappa shape index (κ2) is 40.7. The summed E-state index contributed by atoms with van der Waals surface area (Å²) in [7, 11) is 1.80. The van der Waals surface area contributed by atoms with Crippen LogP contribution < -0.4 is 47.3 Å². The Bertz CT molecular complexity index is 4050. The molecule has 0 spiro atoms. The molecule has 1 fully saturated rings. The van der Waals surface area contributed by atoms with Crippen molar-refractivity contribution in [1.29, 1.82) is 0 Å². The van der Waals surface area contributed by atoms with Crippen LogP contribution in [0.25, 0.3) is 5.57 Å². The number of phenolic OH excluding ortho intramolecular Hbond substituents is 1. The van der Waals surface area contributed by atoms with Crippen LogP contribution in [0.15, 0.2) is 170 Å². The number of Topliss-reactive ketones (excluding diaryl/α,β-unsaturated/α-hetero) is 1. The number of nitrogens with one attached hydrogen (secondary N) is 8. The molecule has 8 amide bonds. The van der Waals surface area contributed by atoms with E-state index in [0.29, 0.717) is 41.2 Å². The van der Waals surface area contributed by atoms with Gasteiger partial charge >= 0.3 is 18.2 Å². The zero-order valence-corrected chi connectivity index (χ0v) is 65.4. The van der Waals surface area contributed by atoms with Crippen LogP contribution in [0.3, 0.4) is 0 Å². The number of ether oxygens (including phenoxy) is 3. The molecule has 2 aliphatic rings. The van der Waals surface area contributed by atoms with Crippen molar-refractivity contribution < 1.29 is 82.6 Å². The monoisotopic (exact) mass is 1560 g/mol. The normalized spacial score (nSPS) is 19.5. The number of benzene rings is 6. The van der Waals surface area contributed by atoms with Gasteiger partial charge in [0.25, 0.3) is 0 Å². The zero-order valence-electron chi connectivity index (χ0n) is 63.0. The van der Waals surface area contributed by atoms with E-state index in [0.717, 1.165) is 56.3 Å². The van der Waals surface area contributed by atoms with Crippen molar-refractivity contribution in [3.8, 4) is 11.5 Å². The maximum absolute atomic E-state index is 15.5. The molecule has 588 valence electrons. The molecule has 25 nitrogen and oxygen atoms in total. The van der Waals surface area contributed by atoms with Crippen molar-refractivity contribution in [2.75, 3.05) is 30.4 Å². The van der Waals surface area contributed by atoms with Crippen LogP contribution in [-0.4, -0.2) is 176 Å². The van der Waals surface area contributed by atoms with Gasteiger partial charge in [-0.05, 0) is 156 Å². The van der Waals surface area contributed by atoms with Crippen LogP contribution in [0.1, 0.15) is 126 Å². The molecule has 6 aromatic rings. The Kier molecular flexibility index (Phi) is 31.7. The van der Waals surface area contributed by atoms with Gasteiger partial charge in [0.05, 0.1) is 29.6 Å². The third-order valence-corrected chi connectivity index (χ3v) is 22.0. The number of carbonyl (C=O) groups is 10. The average molecular weight is 1570 g/mol. The van der Waals surface area contributed by atoms with Crippen molar-refractivity contribution in [2.45, 2.75) is 177 Å². The van der Waals surface area contributed by atoms with Crippen LogP contribution >= 0.6 is 33.3 Å². The molecule has 110 heavy (non-hydrogen) atoms. The Balaban J connectivity index is 1.12. The number of alkyl carbamates (subject to hydrolysis) is 2. The van der Waals surface area contributed by atoms with Gasteiger partial charge in [-0.15, -0.1) is 11.8 Å². The lowest BCUT2D eigenvalue weighted by Gasteiger charge is -2.35. The first-order chi connectivity index (χ1) is 52.4. The third kappa shape index (κ3) is 25.9. The fourth-order valence-corrected chi connectivity index (χ4v) is 16.3. The van der Waals surface area contributed by atoms with E-state index >= 15 is 19.2 Å². The smallest absolute Gasteiger partial charge is 0.408 e. The number of thioether (sulfide) groups is 1. The number of hydrogen-bond donors (Lipinski definition) is 12. The lowest BCUT2D eigenvalue weighted by molar-refractivity contribution is -0.145. The number of hydrogen-bond acceptors (Lipinski definition) is 19. The van der Waals surface area contributed by atoms with Crippen molar-refractivity contribution in [2.24, 2.45) is 5.92 Å². The second-order valence-electron chi connectivity index (χ2n) is 29.1. The summed E-state index contributed by atoms with van der Waals surface area (Å²) >= 11 is 1.73. The zero-order chi connectivity index (χ0) is 79.7. The number of fused-ring (bicyclic) bond motifs is 1. The summed E-state index contributed by atoms with van der Waals surface area (Å²) in [6.45, 7) is 12.7. The molecular formula is C82H100N8O17S3. The van der Waals surface area contributed by atoms with Gasteiger partial charge in [-0.25, -0.2) is 14.4 Å². The topological polar surface area (TPSA) is 376 Å². The van der Waals surface area contributed by atoms with Crippen LogP contribution in [0.2, 0.25) is 0 Å². The highest BCUT2D eigenvalue weighted by atomic mass is 33.1. The molecule has 1 saturated heterocycles. The molecule has 0 radical (unpaired) electrons. The summed E-state index contributed by atoms with van der Waals surface area (Å²) < 4.78 is 16.8. The number of ketones is 1. The van der Waals surface area contributed by atoms with Crippen molar-refractivity contribution in [1.82, 2.24) is 42.5 Å². The molecule has 28 heteroatoms. The van der Waals surface area contributed by atoms with E-state index in [2.05, 4.69) is 78.9 Å². The van der Waals surface area contributed by atoms with Crippen molar-refractivity contribution >= 4 is 98.3 Å². The fraction of sp³-hybridized carbons (Fsp3) is 0.415. The van der Waals surface area contributed by atoms with Crippen molar-refractivity contribution in [3.63, 3.8) is 0 Å². The first kappa shape index (κ1) is 85.7. The Morgan fingerprint density at radius 3 is 1.77 bits per heavy atom. The number of carbonyl (C=O) groups excluding carboxylic acids is 9. The van der Waals surface area contributed by atoms with Gasteiger partial charge in [-0.3, -0.25) is 33.6 Å². The van der Waals surface area contributed by atoms with E-state index < -0.39 is 148 Å². The summed E-state index contributed by atoms with van der Waals surface area (Å²) in [5.41, 5.74) is 4.87. The van der Waals surface area contributed by atoms with E-state index in [-0.39, 0.29) is 56.6 Å². The number of aliphatic hydroxyl groups is 2. The molecule has 12 N–H and O–H groups in total. The van der Waals surface area contributed by atoms with Crippen LogP contribution in [0.4, 0.5) is 9.59 Å². The van der Waals surface area contributed by atoms with Gasteiger partial charge < -0.3 is 77.2 Å². The highest BCUT2D eigenvalue weighted by Gasteiger charge is 2.40. The van der Waals surface area contributed by atoms with E-state index in [1.165, 1.54) is 19.1 Å². The van der Waals surface area contributed by atoms with Crippen LogP contribution in [0.5, 0.6) is 11.5 Å². The minimum atomic E-state index is -1.89. The van der Waals surface area contributed by atoms with Gasteiger partial charge in [-0.2, -0.15) is 0 Å². The molecule has 1 aliphatic heterocycles. The minimum Gasteiger partial charge on any atom is -0.508 e. The highest BCUT2D eigenvalue weighted by Crippen LogP contribution is 2.48. The summed E-state index contributed by atoms with van der Waals surface area (Å²) in [5, 5.41) is 63.2. The van der Waals surface area contributed by atoms with E-state index in [4.69, 9.17) is 14.2 Å². The van der Waals surface area contributed by atoms with Gasteiger partial charge in [0, 0.05) is 49.0 Å². The lowest BCUT2D eigenvalue weighted by Crippen LogP contribution is -2.62. The van der Waals surface area contributed by atoms with E-state index in [1.54, 1.807) is 89.7 Å². The molecule has 1 heterocycles. The van der Waals surface area contributed by atoms with Crippen LogP contribution in [0, 0.1) is 5.92 Å². The maximum Gasteiger partial charge on any atom is 0.408 e. The molecular weight excluding hydrogens is 1470 g/mol. The van der Waals surface area contributed by atoms with Gasteiger partial charge in [0.2, 0.25) is 35.4 Å². The van der Waals surface area contributed by atoms with Crippen molar-refractivity contribution in [3.05, 3.63) is 209 Å². The molecule has 0 unspecified atom stereocenters. The van der Waals surface area contributed by atoms with Gasteiger partial charge in [0.15, 0.2) is 11.8 Å². The van der Waals surface area contributed by atoms with E-state index in [1.807, 2.05) is 84.9 Å². The number of carboxylic acid groups (broad SMARTS) is 1. The van der Waals surface area contributed by atoms with Crippen LogP contribution in [-0.2, 0) is 71.8 Å². The Morgan fingerprint density at radius 2 is 1.18 bits per heavy atom. The predicted octanol–water partition coefficient (Wildman–Crippen LogP) is 8.63. The summed E-state index contributed by atoms with van der Waals surface area (Å²) in [4.78, 5) is 144. The number of rotatable bonds is 27. The number of unbranched alkanes of at least 4 members (excludes halogenated alkanes) is 1. The lowest BCUT2D eigenvalue weighted by atomic mass is 9.84. The number of aromatic hydroxyl groups is 1. The Hall–Kier alpha value is -9.87. The molecule has 0 saturated carbocycles. The molecule has 8 rings (SSSR count). The molecule has 0 bridgehead atoms. The number of amides is 8. The number of aliphatic carboxylic acids is 1. The largest absolute Gasteiger partial charge is 0.508 e. The Morgan fingerprint density at radius 1 is 0.618 bits per heavy atom. The highest BCUT2D eigenvalue weighted by molar-refractivity contribution is 8.76. The first-order valence-corrected chi connectivity index (χ1v) is 40.1. The molecule has 1 aliphatic carbocycles. The number of allylic oxidation sites excluding steroid dienone is 1.